The molecule has 2 nitrogen and oxygen atoms in total. The van der Waals surface area contributed by atoms with E-state index in [2.05, 4.69) is 10.3 Å². The van der Waals surface area contributed by atoms with Gasteiger partial charge in [0.1, 0.15) is 5.82 Å². The van der Waals surface area contributed by atoms with Gasteiger partial charge in [-0.05, 0) is 37.1 Å². The maximum absolute atomic E-state index is 13.8. The van der Waals surface area contributed by atoms with Crippen LogP contribution < -0.4 is 5.32 Å². The van der Waals surface area contributed by atoms with E-state index in [0.717, 1.165) is 29.4 Å². The monoisotopic (exact) mass is 218 g/mol. The van der Waals surface area contributed by atoms with Crippen LogP contribution in [0.4, 0.5) is 4.39 Å². The zero-order valence-corrected chi connectivity index (χ0v) is 9.09. The van der Waals surface area contributed by atoms with Crippen molar-refractivity contribution in [2.24, 2.45) is 0 Å². The van der Waals surface area contributed by atoms with Gasteiger partial charge in [-0.25, -0.2) is 4.39 Å². The number of hydrogen-bond acceptors (Lipinski definition) is 1. The quantitative estimate of drug-likeness (QED) is 0.756. The number of rotatable bonds is 1. The molecule has 0 spiro atoms. The Kier molecular flexibility index (Phi) is 2.40. The molecule has 1 aliphatic heterocycles. The summed E-state index contributed by atoms with van der Waals surface area (Å²) in [6.07, 6.45) is 5.48. The van der Waals surface area contributed by atoms with Gasteiger partial charge < -0.3 is 10.3 Å². The second-order valence-corrected chi connectivity index (χ2v) is 4.41. The highest BCUT2D eigenvalue weighted by atomic mass is 19.1. The van der Waals surface area contributed by atoms with Gasteiger partial charge in [0, 0.05) is 23.1 Å². The van der Waals surface area contributed by atoms with Crippen LogP contribution in [0, 0.1) is 5.82 Å². The molecule has 0 radical (unpaired) electrons. The van der Waals surface area contributed by atoms with Crippen molar-refractivity contribution in [2.45, 2.75) is 25.3 Å². The van der Waals surface area contributed by atoms with Crippen LogP contribution in [0.2, 0.25) is 0 Å². The average Bonchev–Trinajstić information content (AvgIpc) is 2.75. The molecule has 1 aliphatic rings. The molecule has 1 aromatic heterocycles. The lowest BCUT2D eigenvalue weighted by atomic mass is 9.97. The van der Waals surface area contributed by atoms with Gasteiger partial charge in [-0.15, -0.1) is 0 Å². The van der Waals surface area contributed by atoms with E-state index in [1.54, 1.807) is 6.07 Å². The molecule has 0 saturated carbocycles. The van der Waals surface area contributed by atoms with Gasteiger partial charge in [0.05, 0.1) is 0 Å². The molecule has 1 saturated heterocycles. The van der Waals surface area contributed by atoms with Crippen molar-refractivity contribution in [1.29, 1.82) is 0 Å². The minimum absolute atomic E-state index is 0.124. The maximum Gasteiger partial charge on any atom is 0.132 e. The lowest BCUT2D eigenvalue weighted by Gasteiger charge is -2.23. The molecule has 0 bridgehead atoms. The van der Waals surface area contributed by atoms with E-state index >= 15 is 0 Å². The first-order valence-electron chi connectivity index (χ1n) is 5.85. The molecule has 3 rings (SSSR count). The summed E-state index contributed by atoms with van der Waals surface area (Å²) in [5.74, 6) is -0.124. The number of aromatic amines is 1. The van der Waals surface area contributed by atoms with Crippen molar-refractivity contribution in [3.8, 4) is 0 Å². The van der Waals surface area contributed by atoms with Crippen LogP contribution in [0.5, 0.6) is 0 Å². The Hall–Kier alpha value is -1.35. The molecular formula is C13H15FN2. The van der Waals surface area contributed by atoms with E-state index < -0.39 is 0 Å². The maximum atomic E-state index is 13.8. The first-order valence-corrected chi connectivity index (χ1v) is 5.85. The molecule has 3 heteroatoms. The third-order valence-corrected chi connectivity index (χ3v) is 3.37. The van der Waals surface area contributed by atoms with Crippen molar-refractivity contribution in [3.63, 3.8) is 0 Å². The zero-order chi connectivity index (χ0) is 11.0. The summed E-state index contributed by atoms with van der Waals surface area (Å²) in [5.41, 5.74) is 1.97. The fourth-order valence-corrected chi connectivity index (χ4v) is 2.56. The molecule has 1 unspecified atom stereocenters. The van der Waals surface area contributed by atoms with Crippen molar-refractivity contribution >= 4 is 10.9 Å². The van der Waals surface area contributed by atoms with Gasteiger partial charge in [0.15, 0.2) is 0 Å². The summed E-state index contributed by atoms with van der Waals surface area (Å²) < 4.78 is 13.8. The normalized spacial score (nSPS) is 21.4. The number of hydrogen-bond donors (Lipinski definition) is 2. The van der Waals surface area contributed by atoms with Crippen molar-refractivity contribution in [1.82, 2.24) is 10.3 Å². The predicted octanol–water partition coefficient (Wildman–Crippen LogP) is 3.12. The number of aromatic nitrogens is 1. The van der Waals surface area contributed by atoms with Crippen molar-refractivity contribution < 1.29 is 4.39 Å². The van der Waals surface area contributed by atoms with E-state index in [9.17, 15) is 4.39 Å². The number of H-pyrrole nitrogens is 1. The topological polar surface area (TPSA) is 27.8 Å². The van der Waals surface area contributed by atoms with Gasteiger partial charge in [0.25, 0.3) is 0 Å². The first kappa shape index (κ1) is 9.85. The molecule has 2 aromatic rings. The minimum atomic E-state index is -0.124. The van der Waals surface area contributed by atoms with Crippen LogP contribution in [0.1, 0.15) is 30.9 Å². The fraction of sp³-hybridized carbons (Fsp3) is 0.385. The lowest BCUT2D eigenvalue weighted by Crippen LogP contribution is -2.26. The number of nitrogens with one attached hydrogen (secondary N) is 2. The van der Waals surface area contributed by atoms with E-state index in [4.69, 9.17) is 0 Å². The highest BCUT2D eigenvalue weighted by molar-refractivity contribution is 5.84. The first-order chi connectivity index (χ1) is 7.86. The van der Waals surface area contributed by atoms with Gasteiger partial charge in [-0.2, -0.15) is 0 Å². The molecule has 16 heavy (non-hydrogen) atoms. The molecular weight excluding hydrogens is 203 g/mol. The second-order valence-electron chi connectivity index (χ2n) is 4.41. The SMILES string of the molecule is Fc1cccc2[nH]cc(C3CCCCN3)c12. The lowest BCUT2D eigenvalue weighted by molar-refractivity contribution is 0.413. The zero-order valence-electron chi connectivity index (χ0n) is 9.09. The Labute approximate surface area is 93.9 Å². The van der Waals surface area contributed by atoms with Crippen LogP contribution >= 0.6 is 0 Å². The predicted molar refractivity (Wildman–Crippen MR) is 62.9 cm³/mol. The Morgan fingerprint density at radius 2 is 2.19 bits per heavy atom. The largest absolute Gasteiger partial charge is 0.361 e. The standard InChI is InChI=1S/C13H15FN2/c14-10-4-3-6-12-13(10)9(8-16-12)11-5-1-2-7-15-11/h3-4,6,8,11,15-16H,1-2,5,7H2. The smallest absolute Gasteiger partial charge is 0.132 e. The molecule has 1 atom stereocenters. The highest BCUT2D eigenvalue weighted by Crippen LogP contribution is 2.30. The number of benzene rings is 1. The summed E-state index contributed by atoms with van der Waals surface area (Å²) in [4.78, 5) is 3.15. The van der Waals surface area contributed by atoms with E-state index in [1.165, 1.54) is 18.9 Å². The van der Waals surface area contributed by atoms with Gasteiger partial charge >= 0.3 is 0 Å². The van der Waals surface area contributed by atoms with Gasteiger partial charge in [0.2, 0.25) is 0 Å². The molecule has 0 aliphatic carbocycles. The summed E-state index contributed by atoms with van der Waals surface area (Å²) in [6.45, 7) is 1.03. The third-order valence-electron chi connectivity index (χ3n) is 3.37. The molecule has 0 amide bonds. The second kappa shape index (κ2) is 3.91. The summed E-state index contributed by atoms with van der Waals surface area (Å²) in [7, 11) is 0. The van der Waals surface area contributed by atoms with Crippen LogP contribution in [0.3, 0.4) is 0 Å². The van der Waals surface area contributed by atoms with E-state index in [-0.39, 0.29) is 5.82 Å². The molecule has 1 fully saturated rings. The Balaban J connectivity index is 2.09. The van der Waals surface area contributed by atoms with Crippen LogP contribution in [0.15, 0.2) is 24.4 Å². The fourth-order valence-electron chi connectivity index (χ4n) is 2.56. The van der Waals surface area contributed by atoms with Gasteiger partial charge in [-0.3, -0.25) is 0 Å². The van der Waals surface area contributed by atoms with E-state index in [1.807, 2.05) is 12.3 Å². The van der Waals surface area contributed by atoms with Crippen LogP contribution in [-0.4, -0.2) is 11.5 Å². The third kappa shape index (κ3) is 1.52. The highest BCUT2D eigenvalue weighted by Gasteiger charge is 2.19. The number of halogens is 1. The molecule has 84 valence electrons. The Bertz CT molecular complexity index is 498. The van der Waals surface area contributed by atoms with Crippen molar-refractivity contribution in [2.75, 3.05) is 6.54 Å². The Morgan fingerprint density at radius 1 is 1.25 bits per heavy atom. The summed E-state index contributed by atoms with van der Waals surface area (Å²) >= 11 is 0. The number of piperidine rings is 1. The average molecular weight is 218 g/mol. The molecule has 2 N–H and O–H groups in total. The molecule has 2 heterocycles. The van der Waals surface area contributed by atoms with Crippen LogP contribution in [-0.2, 0) is 0 Å². The minimum Gasteiger partial charge on any atom is -0.361 e. The van der Waals surface area contributed by atoms with Gasteiger partial charge in [-0.1, -0.05) is 12.5 Å². The molecule has 1 aromatic carbocycles. The Morgan fingerprint density at radius 3 is 3.00 bits per heavy atom. The summed E-state index contributed by atoms with van der Waals surface area (Å²) in [5, 5.41) is 4.21. The van der Waals surface area contributed by atoms with Crippen molar-refractivity contribution in [3.05, 3.63) is 35.8 Å². The number of fused-ring (bicyclic) bond motifs is 1. The van der Waals surface area contributed by atoms with E-state index in [0.29, 0.717) is 6.04 Å². The summed E-state index contributed by atoms with van der Waals surface area (Å²) in [6, 6.07) is 5.50. The van der Waals surface area contributed by atoms with Crippen LogP contribution in [0.25, 0.3) is 10.9 Å².